The largest absolute Gasteiger partial charge is 0.320 e. The van der Waals surface area contributed by atoms with Gasteiger partial charge in [-0.15, -0.1) is 12.3 Å². The smallest absolute Gasteiger partial charge is 0.123 e. The van der Waals surface area contributed by atoms with Crippen molar-refractivity contribution in [2.75, 3.05) is 13.6 Å². The lowest BCUT2D eigenvalue weighted by atomic mass is 10.8. The van der Waals surface area contributed by atoms with Gasteiger partial charge in [0.25, 0.3) is 0 Å². The van der Waals surface area contributed by atoms with E-state index in [1.54, 1.807) is 12.6 Å². The van der Waals surface area contributed by atoms with Crippen LogP contribution in [0.5, 0.6) is 0 Å². The molecule has 60 valence electrons. The van der Waals surface area contributed by atoms with Crippen LogP contribution in [0.3, 0.4) is 0 Å². The molecule has 0 aromatic rings. The summed E-state index contributed by atoms with van der Waals surface area (Å²) in [5, 5.41) is 3.24. The molecule has 10 heavy (non-hydrogen) atoms. The highest BCUT2D eigenvalue weighted by Gasteiger charge is 1.81. The van der Waals surface area contributed by atoms with Gasteiger partial charge in [-0.05, 0) is 20.5 Å². The standard InChI is InChI=1S/C4H8OSi.C3H9N/c1-3-6-4(2)5;1-3-4-2/h3H,1,6H2,2H3;4H,3H2,1-2H3. The fraction of sp³-hybridized carbons (Fsp3) is 0.571. The van der Waals surface area contributed by atoms with Crippen LogP contribution in [0.1, 0.15) is 13.8 Å². The number of nitrogens with one attached hydrogen (secondary N) is 1. The van der Waals surface area contributed by atoms with Crippen LogP contribution in [0.2, 0.25) is 0 Å². The molecule has 0 bridgehead atoms. The molecular formula is C7H17NOSi. The Bertz CT molecular complexity index is 91.6. The molecular weight excluding hydrogens is 142 g/mol. The second-order valence-corrected chi connectivity index (χ2v) is 3.88. The van der Waals surface area contributed by atoms with Crippen molar-refractivity contribution in [1.29, 1.82) is 0 Å². The first-order valence-corrected chi connectivity index (χ1v) is 4.96. The first kappa shape index (κ1) is 12.3. The Morgan fingerprint density at radius 1 is 1.80 bits per heavy atom. The summed E-state index contributed by atoms with van der Waals surface area (Å²) in [5.74, 6) is 0. The van der Waals surface area contributed by atoms with Gasteiger partial charge in [0.05, 0.1) is 0 Å². The average molecular weight is 159 g/mol. The summed E-state index contributed by atoms with van der Waals surface area (Å²) in [6.45, 7) is 8.19. The fourth-order valence-corrected chi connectivity index (χ4v) is 0.610. The molecule has 0 saturated carbocycles. The first-order chi connectivity index (χ1) is 4.68. The van der Waals surface area contributed by atoms with E-state index in [4.69, 9.17) is 0 Å². The Kier molecular flexibility index (Phi) is 14.0. The summed E-state index contributed by atoms with van der Waals surface area (Å²) in [7, 11) is 1.41. The maximum atomic E-state index is 10.0. The van der Waals surface area contributed by atoms with E-state index in [1.807, 2.05) is 7.05 Å². The van der Waals surface area contributed by atoms with Gasteiger partial charge in [-0.1, -0.05) is 6.92 Å². The predicted molar refractivity (Wildman–Crippen MR) is 49.0 cm³/mol. The molecule has 0 heterocycles. The van der Waals surface area contributed by atoms with Crippen molar-refractivity contribution in [1.82, 2.24) is 5.32 Å². The molecule has 0 unspecified atom stereocenters. The van der Waals surface area contributed by atoms with Gasteiger partial charge in [-0.2, -0.15) is 0 Å². The Morgan fingerprint density at radius 3 is 2.20 bits per heavy atom. The number of carbonyl (C=O) groups excluding carboxylic acids is 1. The van der Waals surface area contributed by atoms with Crippen molar-refractivity contribution >= 4 is 14.9 Å². The van der Waals surface area contributed by atoms with Crippen LogP contribution in [0.15, 0.2) is 12.3 Å². The lowest BCUT2D eigenvalue weighted by molar-refractivity contribution is -0.110. The third-order valence-corrected chi connectivity index (χ3v) is 1.65. The number of hydrogen-bond acceptors (Lipinski definition) is 2. The van der Waals surface area contributed by atoms with Crippen LogP contribution in [-0.2, 0) is 4.79 Å². The zero-order chi connectivity index (χ0) is 8.41. The Balaban J connectivity index is 0. The molecule has 0 atom stereocenters. The minimum atomic E-state index is -0.519. The molecule has 1 N–H and O–H groups in total. The molecule has 0 aliphatic carbocycles. The third kappa shape index (κ3) is 25.6. The van der Waals surface area contributed by atoms with Crippen LogP contribution < -0.4 is 5.32 Å². The summed E-state index contributed by atoms with van der Waals surface area (Å²) in [4.78, 5) is 10.0. The Labute approximate surface area is 65.5 Å². The summed E-state index contributed by atoms with van der Waals surface area (Å²) in [6, 6.07) is 0. The molecule has 0 aliphatic heterocycles. The van der Waals surface area contributed by atoms with Crippen LogP contribution in [0.25, 0.3) is 0 Å². The van der Waals surface area contributed by atoms with Gasteiger partial charge in [0.2, 0.25) is 0 Å². The van der Waals surface area contributed by atoms with E-state index in [0.29, 0.717) is 5.41 Å². The molecule has 2 nitrogen and oxygen atoms in total. The Hall–Kier alpha value is -0.413. The Morgan fingerprint density at radius 2 is 2.20 bits per heavy atom. The number of rotatable bonds is 3. The van der Waals surface area contributed by atoms with Gasteiger partial charge in [-0.3, -0.25) is 0 Å². The second kappa shape index (κ2) is 11.4. The van der Waals surface area contributed by atoms with Crippen LogP contribution >= 0.6 is 0 Å². The highest BCUT2D eigenvalue weighted by Crippen LogP contribution is 1.61. The van der Waals surface area contributed by atoms with Crippen LogP contribution in [0.4, 0.5) is 0 Å². The highest BCUT2D eigenvalue weighted by atomic mass is 28.2. The monoisotopic (exact) mass is 159 g/mol. The van der Waals surface area contributed by atoms with E-state index in [-0.39, 0.29) is 0 Å². The lowest BCUT2D eigenvalue weighted by Gasteiger charge is -1.76. The van der Waals surface area contributed by atoms with Crippen LogP contribution in [-0.4, -0.2) is 28.5 Å². The van der Waals surface area contributed by atoms with Crippen molar-refractivity contribution in [2.24, 2.45) is 0 Å². The first-order valence-electron chi connectivity index (χ1n) is 3.43. The van der Waals surface area contributed by atoms with Crippen molar-refractivity contribution in [3.63, 3.8) is 0 Å². The number of hydrogen-bond donors (Lipinski definition) is 1. The molecule has 0 radical (unpaired) electrons. The average Bonchev–Trinajstić information content (AvgIpc) is 1.89. The van der Waals surface area contributed by atoms with E-state index in [2.05, 4.69) is 18.8 Å². The topological polar surface area (TPSA) is 29.1 Å². The third-order valence-electron chi connectivity index (χ3n) is 0.785. The van der Waals surface area contributed by atoms with E-state index in [0.717, 1.165) is 6.54 Å². The molecule has 0 aliphatic rings. The van der Waals surface area contributed by atoms with E-state index in [1.165, 1.54) is 0 Å². The maximum absolute atomic E-state index is 10.0. The van der Waals surface area contributed by atoms with Gasteiger partial charge in [0.15, 0.2) is 0 Å². The van der Waals surface area contributed by atoms with Crippen molar-refractivity contribution < 1.29 is 4.79 Å². The van der Waals surface area contributed by atoms with E-state index >= 15 is 0 Å². The summed E-state index contributed by atoms with van der Waals surface area (Å²) < 4.78 is 0. The van der Waals surface area contributed by atoms with Gasteiger partial charge in [0.1, 0.15) is 14.9 Å². The highest BCUT2D eigenvalue weighted by molar-refractivity contribution is 6.77. The summed E-state index contributed by atoms with van der Waals surface area (Å²) >= 11 is 0. The van der Waals surface area contributed by atoms with Gasteiger partial charge >= 0.3 is 0 Å². The van der Waals surface area contributed by atoms with Crippen molar-refractivity contribution in [2.45, 2.75) is 13.8 Å². The van der Waals surface area contributed by atoms with Crippen LogP contribution in [0, 0.1) is 0 Å². The van der Waals surface area contributed by atoms with Gasteiger partial charge in [-0.25, -0.2) is 0 Å². The molecule has 0 spiro atoms. The SMILES string of the molecule is C=C[SiH2]C(C)=O.CCNC. The molecule has 0 fully saturated rings. The normalized spacial score (nSPS) is 8.70. The summed E-state index contributed by atoms with van der Waals surface area (Å²) in [6.07, 6.45) is 0. The molecule has 0 aromatic heterocycles. The zero-order valence-corrected chi connectivity index (χ0v) is 8.52. The van der Waals surface area contributed by atoms with E-state index < -0.39 is 9.52 Å². The predicted octanol–water partition coefficient (Wildman–Crippen LogP) is 0.0709. The number of carbonyl (C=O) groups is 1. The molecule has 3 heteroatoms. The minimum Gasteiger partial charge on any atom is -0.320 e. The maximum Gasteiger partial charge on any atom is 0.123 e. The molecule has 0 saturated heterocycles. The second-order valence-electron chi connectivity index (χ2n) is 1.90. The van der Waals surface area contributed by atoms with Crippen molar-refractivity contribution in [3.05, 3.63) is 12.3 Å². The van der Waals surface area contributed by atoms with Crippen molar-refractivity contribution in [3.8, 4) is 0 Å². The zero-order valence-electron chi connectivity index (χ0n) is 7.11. The van der Waals surface area contributed by atoms with Gasteiger partial charge in [0, 0.05) is 0 Å². The van der Waals surface area contributed by atoms with Gasteiger partial charge < -0.3 is 10.1 Å². The minimum absolute atomic E-state index is 0.310. The lowest BCUT2D eigenvalue weighted by Crippen LogP contribution is -2.01. The molecule has 0 rings (SSSR count). The summed E-state index contributed by atoms with van der Waals surface area (Å²) in [5.41, 5.74) is 1.74. The van der Waals surface area contributed by atoms with E-state index in [9.17, 15) is 4.79 Å². The molecule has 0 aromatic carbocycles. The quantitative estimate of drug-likeness (QED) is 0.591. The fourth-order valence-electron chi connectivity index (χ4n) is 0.203. The molecule has 0 amide bonds.